The van der Waals surface area contributed by atoms with Crippen LogP contribution in [0.2, 0.25) is 0 Å². The van der Waals surface area contributed by atoms with Crippen molar-refractivity contribution in [2.75, 3.05) is 43.9 Å². The van der Waals surface area contributed by atoms with Crippen LogP contribution >= 0.6 is 0 Å². The maximum Gasteiger partial charge on any atom is 0.410 e. The van der Waals surface area contributed by atoms with E-state index in [2.05, 4.69) is 41.4 Å². The molecular formula is C30H36N8O4. The fourth-order valence-corrected chi connectivity index (χ4v) is 4.41. The zero-order chi connectivity index (χ0) is 30.1. The number of amides is 1. The van der Waals surface area contributed by atoms with Crippen LogP contribution in [0.5, 0.6) is 0 Å². The number of aromatic nitrogens is 3. The Labute approximate surface area is 245 Å². The van der Waals surface area contributed by atoms with E-state index in [1.54, 1.807) is 29.2 Å². The van der Waals surface area contributed by atoms with Gasteiger partial charge in [-0.1, -0.05) is 36.4 Å². The van der Waals surface area contributed by atoms with Crippen LogP contribution in [0.4, 0.5) is 28.1 Å². The summed E-state index contributed by atoms with van der Waals surface area (Å²) in [6.07, 6.45) is 1.42. The molecule has 0 radical (unpaired) electrons. The first-order valence-corrected chi connectivity index (χ1v) is 13.7. The number of hydrogen-bond donors (Lipinski definition) is 2. The highest BCUT2D eigenvalue weighted by atomic mass is 16.6. The van der Waals surface area contributed by atoms with E-state index in [0.717, 1.165) is 36.4 Å². The van der Waals surface area contributed by atoms with Crippen molar-refractivity contribution in [2.45, 2.75) is 45.4 Å². The fourth-order valence-electron chi connectivity index (χ4n) is 4.41. The van der Waals surface area contributed by atoms with E-state index in [9.17, 15) is 9.59 Å². The van der Waals surface area contributed by atoms with Crippen LogP contribution in [0.25, 0.3) is 4.85 Å². The summed E-state index contributed by atoms with van der Waals surface area (Å²) in [7, 11) is 1.33. The highest BCUT2D eigenvalue weighted by molar-refractivity contribution is 5.79. The van der Waals surface area contributed by atoms with E-state index in [1.807, 2.05) is 39.0 Å². The average Bonchev–Trinajstić information content (AvgIpc) is 2.96. The second kappa shape index (κ2) is 13.7. The minimum Gasteiger partial charge on any atom is -0.467 e. The molecule has 1 aliphatic heterocycles. The third kappa shape index (κ3) is 8.87. The van der Waals surface area contributed by atoms with Crippen molar-refractivity contribution in [2.24, 2.45) is 0 Å². The van der Waals surface area contributed by atoms with Gasteiger partial charge in [-0.3, -0.25) is 4.90 Å². The van der Waals surface area contributed by atoms with Crippen LogP contribution in [0.3, 0.4) is 0 Å². The van der Waals surface area contributed by atoms with Gasteiger partial charge in [-0.25, -0.2) is 24.4 Å². The largest absolute Gasteiger partial charge is 0.467 e. The van der Waals surface area contributed by atoms with E-state index in [4.69, 9.17) is 16.0 Å². The lowest BCUT2D eigenvalue weighted by Gasteiger charge is -2.35. The molecule has 1 saturated heterocycles. The molecule has 12 heteroatoms. The second-order valence-corrected chi connectivity index (χ2v) is 10.9. The molecule has 0 aliphatic carbocycles. The SMILES string of the molecule is [C-]#[N+]c1ccc(C[C@H](Nc2ncnc(Nc3cccc(CN4CCN(C(=O)OC(C)(C)C)CC4)c3)n2)C(=O)OC)cc1. The van der Waals surface area contributed by atoms with Gasteiger partial charge in [0.05, 0.1) is 13.7 Å². The molecule has 1 atom stereocenters. The number of esters is 1. The third-order valence-corrected chi connectivity index (χ3v) is 6.48. The molecule has 2 heterocycles. The summed E-state index contributed by atoms with van der Waals surface area (Å²) in [5.41, 5.74) is 2.79. The molecule has 1 aliphatic rings. The molecule has 12 nitrogen and oxygen atoms in total. The van der Waals surface area contributed by atoms with Crippen molar-refractivity contribution < 1.29 is 19.1 Å². The standard InChI is InChI=1S/C30H36N8O4/c1-30(2,3)42-29(40)38-15-13-37(14-16-38)19-22-7-6-8-24(17-22)34-27-32-20-33-28(36-27)35-25(26(39)41-5)18-21-9-11-23(31-4)12-10-21/h6-12,17,20,25H,13-16,18-19H2,1-3,5H3,(H2,32,33,34,35,36)/t25-/m0/s1. The number of methoxy groups -OCH3 is 1. The number of benzene rings is 2. The predicted molar refractivity (Wildman–Crippen MR) is 158 cm³/mol. The lowest BCUT2D eigenvalue weighted by atomic mass is 10.1. The molecular weight excluding hydrogens is 536 g/mol. The molecule has 0 spiro atoms. The van der Waals surface area contributed by atoms with Gasteiger partial charge in [-0.2, -0.15) is 4.98 Å². The molecule has 4 rings (SSSR count). The Morgan fingerprint density at radius 3 is 2.40 bits per heavy atom. The Morgan fingerprint density at radius 1 is 1.02 bits per heavy atom. The smallest absolute Gasteiger partial charge is 0.410 e. The van der Waals surface area contributed by atoms with E-state index in [1.165, 1.54) is 13.4 Å². The molecule has 1 aromatic heterocycles. The first kappa shape index (κ1) is 30.2. The first-order valence-electron chi connectivity index (χ1n) is 13.7. The monoisotopic (exact) mass is 572 g/mol. The second-order valence-electron chi connectivity index (χ2n) is 10.9. The number of ether oxygens (including phenoxy) is 2. The van der Waals surface area contributed by atoms with Crippen molar-refractivity contribution >= 4 is 35.3 Å². The van der Waals surface area contributed by atoms with Crippen LogP contribution in [-0.4, -0.2) is 81.7 Å². The molecule has 1 amide bonds. The summed E-state index contributed by atoms with van der Waals surface area (Å²) < 4.78 is 10.5. The molecule has 2 aromatic carbocycles. The zero-order valence-corrected chi connectivity index (χ0v) is 24.3. The number of rotatable bonds is 9. The minimum absolute atomic E-state index is 0.222. The molecule has 0 saturated carbocycles. The Kier molecular flexibility index (Phi) is 9.88. The molecule has 3 aromatic rings. The Balaban J connectivity index is 1.35. The van der Waals surface area contributed by atoms with Gasteiger partial charge in [0.1, 0.15) is 18.0 Å². The maximum atomic E-state index is 12.5. The lowest BCUT2D eigenvalue weighted by molar-refractivity contribution is -0.141. The summed E-state index contributed by atoms with van der Waals surface area (Å²) in [5, 5.41) is 6.25. The lowest BCUT2D eigenvalue weighted by Crippen LogP contribution is -2.49. The number of nitrogens with zero attached hydrogens (tertiary/aromatic N) is 6. The van der Waals surface area contributed by atoms with Gasteiger partial charge in [0.15, 0.2) is 5.69 Å². The predicted octanol–water partition coefficient (Wildman–Crippen LogP) is 4.41. The molecule has 0 unspecified atom stereocenters. The first-order chi connectivity index (χ1) is 20.1. The van der Waals surface area contributed by atoms with Crippen molar-refractivity contribution in [3.8, 4) is 0 Å². The van der Waals surface area contributed by atoms with Gasteiger partial charge in [-0.05, 0) is 44.0 Å². The maximum absolute atomic E-state index is 12.5. The van der Waals surface area contributed by atoms with Gasteiger partial charge in [-0.15, -0.1) is 0 Å². The van der Waals surface area contributed by atoms with E-state index < -0.39 is 17.6 Å². The highest BCUT2D eigenvalue weighted by Gasteiger charge is 2.26. The van der Waals surface area contributed by atoms with Gasteiger partial charge < -0.3 is 25.0 Å². The van der Waals surface area contributed by atoms with Crippen molar-refractivity contribution in [1.82, 2.24) is 24.8 Å². The van der Waals surface area contributed by atoms with E-state index >= 15 is 0 Å². The number of hydrogen-bond acceptors (Lipinski definition) is 10. The number of carbonyl (C=O) groups excluding carboxylic acids is 2. The number of nitrogens with one attached hydrogen (secondary N) is 2. The zero-order valence-electron chi connectivity index (χ0n) is 24.3. The summed E-state index contributed by atoms with van der Waals surface area (Å²) >= 11 is 0. The molecule has 0 bridgehead atoms. The number of piperazine rings is 1. The van der Waals surface area contributed by atoms with Crippen LogP contribution in [0.1, 0.15) is 31.9 Å². The quantitative estimate of drug-likeness (QED) is 0.281. The van der Waals surface area contributed by atoms with Crippen LogP contribution < -0.4 is 10.6 Å². The Hall–Kier alpha value is -4.76. The van der Waals surface area contributed by atoms with Gasteiger partial charge in [0.2, 0.25) is 11.9 Å². The van der Waals surface area contributed by atoms with Crippen molar-refractivity contribution in [3.63, 3.8) is 0 Å². The summed E-state index contributed by atoms with van der Waals surface area (Å²) in [5.74, 6) is 0.0825. The normalized spacial score (nSPS) is 14.4. The van der Waals surface area contributed by atoms with Crippen molar-refractivity contribution in [1.29, 1.82) is 0 Å². The summed E-state index contributed by atoms with van der Waals surface area (Å²) in [6.45, 7) is 16.2. The van der Waals surface area contributed by atoms with Crippen LogP contribution in [0.15, 0.2) is 54.9 Å². The Morgan fingerprint density at radius 2 is 1.74 bits per heavy atom. The van der Waals surface area contributed by atoms with Crippen molar-refractivity contribution in [3.05, 3.63) is 77.4 Å². The van der Waals surface area contributed by atoms with Gasteiger partial charge in [0, 0.05) is 44.8 Å². The minimum atomic E-state index is -0.733. The average molecular weight is 573 g/mol. The molecule has 42 heavy (non-hydrogen) atoms. The van der Waals surface area contributed by atoms with Gasteiger partial charge >= 0.3 is 12.1 Å². The van der Waals surface area contributed by atoms with Gasteiger partial charge in [0.25, 0.3) is 0 Å². The molecule has 1 fully saturated rings. The molecule has 2 N–H and O–H groups in total. The molecule has 220 valence electrons. The van der Waals surface area contributed by atoms with E-state index in [-0.39, 0.29) is 12.0 Å². The summed E-state index contributed by atoms with van der Waals surface area (Å²) in [6, 6.07) is 14.3. The summed E-state index contributed by atoms with van der Waals surface area (Å²) in [4.78, 5) is 45.1. The highest BCUT2D eigenvalue weighted by Crippen LogP contribution is 2.19. The van der Waals surface area contributed by atoms with E-state index in [0.29, 0.717) is 31.1 Å². The fraction of sp³-hybridized carbons (Fsp3) is 0.400. The third-order valence-electron chi connectivity index (χ3n) is 6.48. The van der Waals surface area contributed by atoms with Crippen LogP contribution in [-0.2, 0) is 27.2 Å². The van der Waals surface area contributed by atoms with Crippen LogP contribution in [0, 0.1) is 6.57 Å². The number of anilines is 3. The Bertz CT molecular complexity index is 1410. The number of carbonyl (C=O) groups is 2. The topological polar surface area (TPSA) is 126 Å².